The van der Waals surface area contributed by atoms with E-state index in [1.54, 1.807) is 11.6 Å². The van der Waals surface area contributed by atoms with E-state index in [9.17, 15) is 4.79 Å². The van der Waals surface area contributed by atoms with Crippen LogP contribution in [0.1, 0.15) is 30.5 Å². The summed E-state index contributed by atoms with van der Waals surface area (Å²) in [6, 6.07) is 19.0. The number of nitrogens with one attached hydrogen (secondary N) is 1. The third-order valence-corrected chi connectivity index (χ3v) is 3.86. The van der Waals surface area contributed by atoms with Crippen molar-refractivity contribution in [2.24, 2.45) is 0 Å². The van der Waals surface area contributed by atoms with Gasteiger partial charge < -0.3 is 0 Å². The SMILES string of the molecule is CC(C)N(Cc1ccccc1)Cc1ccc(C=CC(=O)NO)cc1. The third-order valence-electron chi connectivity index (χ3n) is 3.86. The Bertz CT molecular complexity index is 664. The first-order valence-electron chi connectivity index (χ1n) is 8.07. The van der Waals surface area contributed by atoms with Crippen molar-refractivity contribution in [1.29, 1.82) is 0 Å². The molecule has 1 amide bonds. The maximum absolute atomic E-state index is 11.0. The smallest absolute Gasteiger partial charge is 0.267 e. The molecule has 0 aromatic heterocycles. The predicted octanol–water partition coefficient (Wildman–Crippen LogP) is 3.62. The first-order valence-corrected chi connectivity index (χ1v) is 8.07. The van der Waals surface area contributed by atoms with Gasteiger partial charge in [-0.25, -0.2) is 5.48 Å². The fourth-order valence-electron chi connectivity index (χ4n) is 2.42. The van der Waals surface area contributed by atoms with Crippen LogP contribution in [0, 0.1) is 0 Å². The average Bonchev–Trinajstić information content (AvgIpc) is 2.61. The Kier molecular flexibility index (Phi) is 6.73. The number of carbonyl (C=O) groups excluding carboxylic acids is 1. The van der Waals surface area contributed by atoms with Crippen LogP contribution in [-0.4, -0.2) is 22.1 Å². The van der Waals surface area contributed by atoms with Gasteiger partial charge in [-0.3, -0.25) is 14.9 Å². The van der Waals surface area contributed by atoms with Crippen molar-refractivity contribution >= 4 is 12.0 Å². The van der Waals surface area contributed by atoms with Crippen LogP contribution in [0.5, 0.6) is 0 Å². The van der Waals surface area contributed by atoms with Crippen LogP contribution in [0.4, 0.5) is 0 Å². The van der Waals surface area contributed by atoms with Crippen LogP contribution in [-0.2, 0) is 17.9 Å². The van der Waals surface area contributed by atoms with E-state index in [1.807, 2.05) is 18.2 Å². The molecular weight excluding hydrogens is 300 g/mol. The number of hydrogen-bond acceptors (Lipinski definition) is 3. The standard InChI is InChI=1S/C20H24N2O2/c1-16(2)22(14-18-6-4-3-5-7-18)15-19-10-8-17(9-11-19)12-13-20(23)21-24/h3-13,16,24H,14-15H2,1-2H3,(H,21,23). The average molecular weight is 324 g/mol. The molecule has 2 N–H and O–H groups in total. The fraction of sp³-hybridized carbons (Fsp3) is 0.250. The molecule has 126 valence electrons. The molecule has 0 saturated heterocycles. The van der Waals surface area contributed by atoms with Crippen molar-refractivity contribution in [2.75, 3.05) is 0 Å². The second-order valence-electron chi connectivity index (χ2n) is 6.04. The number of carbonyl (C=O) groups is 1. The lowest BCUT2D eigenvalue weighted by atomic mass is 10.1. The summed E-state index contributed by atoms with van der Waals surface area (Å²) >= 11 is 0. The molecular formula is C20H24N2O2. The van der Waals surface area contributed by atoms with Crippen LogP contribution in [0.2, 0.25) is 0 Å². The zero-order chi connectivity index (χ0) is 17.4. The van der Waals surface area contributed by atoms with Gasteiger partial charge >= 0.3 is 0 Å². The molecule has 0 unspecified atom stereocenters. The van der Waals surface area contributed by atoms with E-state index < -0.39 is 5.91 Å². The lowest BCUT2D eigenvalue weighted by Crippen LogP contribution is -2.29. The maximum Gasteiger partial charge on any atom is 0.267 e. The van der Waals surface area contributed by atoms with E-state index in [0.29, 0.717) is 6.04 Å². The summed E-state index contributed by atoms with van der Waals surface area (Å²) in [7, 11) is 0. The topological polar surface area (TPSA) is 52.6 Å². The molecule has 0 radical (unpaired) electrons. The van der Waals surface area contributed by atoms with Gasteiger partial charge in [0, 0.05) is 25.2 Å². The zero-order valence-electron chi connectivity index (χ0n) is 14.1. The Morgan fingerprint density at radius 1 is 1.04 bits per heavy atom. The van der Waals surface area contributed by atoms with Crippen molar-refractivity contribution in [3.05, 3.63) is 77.4 Å². The molecule has 4 nitrogen and oxygen atoms in total. The van der Waals surface area contributed by atoms with E-state index >= 15 is 0 Å². The normalized spacial score (nSPS) is 11.4. The van der Waals surface area contributed by atoms with Crippen molar-refractivity contribution in [3.8, 4) is 0 Å². The summed E-state index contributed by atoms with van der Waals surface area (Å²) in [5.41, 5.74) is 5.03. The maximum atomic E-state index is 11.0. The van der Waals surface area contributed by atoms with E-state index in [1.165, 1.54) is 17.2 Å². The molecule has 0 fully saturated rings. The van der Waals surface area contributed by atoms with E-state index in [2.05, 4.69) is 55.1 Å². The Morgan fingerprint density at radius 2 is 1.62 bits per heavy atom. The van der Waals surface area contributed by atoms with Crippen LogP contribution < -0.4 is 5.48 Å². The van der Waals surface area contributed by atoms with Gasteiger partial charge in [0.25, 0.3) is 5.91 Å². The second-order valence-corrected chi connectivity index (χ2v) is 6.04. The van der Waals surface area contributed by atoms with Gasteiger partial charge in [0.05, 0.1) is 0 Å². The lowest BCUT2D eigenvalue weighted by molar-refractivity contribution is -0.124. The van der Waals surface area contributed by atoms with Crippen LogP contribution in [0.3, 0.4) is 0 Å². The molecule has 2 aromatic rings. The van der Waals surface area contributed by atoms with Crippen molar-refractivity contribution < 1.29 is 10.0 Å². The van der Waals surface area contributed by atoms with E-state index in [0.717, 1.165) is 18.7 Å². The molecule has 4 heteroatoms. The monoisotopic (exact) mass is 324 g/mol. The van der Waals surface area contributed by atoms with Gasteiger partial charge in [0.2, 0.25) is 0 Å². The number of amides is 1. The Balaban J connectivity index is 2.02. The highest BCUT2D eigenvalue weighted by molar-refractivity contribution is 5.90. The van der Waals surface area contributed by atoms with Crippen LogP contribution in [0.15, 0.2) is 60.7 Å². The lowest BCUT2D eigenvalue weighted by Gasteiger charge is -2.26. The Morgan fingerprint density at radius 3 is 2.17 bits per heavy atom. The molecule has 0 aliphatic carbocycles. The quantitative estimate of drug-likeness (QED) is 0.465. The summed E-state index contributed by atoms with van der Waals surface area (Å²) in [6.45, 7) is 6.19. The van der Waals surface area contributed by atoms with Crippen LogP contribution in [0.25, 0.3) is 6.08 Å². The molecule has 0 atom stereocenters. The second kappa shape index (κ2) is 9.01. The number of hydrogen-bond donors (Lipinski definition) is 2. The highest BCUT2D eigenvalue weighted by Crippen LogP contribution is 2.14. The first kappa shape index (κ1) is 17.9. The minimum absolute atomic E-state index is 0.443. The third kappa shape index (κ3) is 5.65. The Hall–Kier alpha value is -2.43. The molecule has 0 heterocycles. The van der Waals surface area contributed by atoms with Gasteiger partial charge in [-0.15, -0.1) is 0 Å². The Labute approximate surface area is 143 Å². The van der Waals surface area contributed by atoms with Crippen molar-refractivity contribution in [1.82, 2.24) is 10.4 Å². The fourth-order valence-corrected chi connectivity index (χ4v) is 2.42. The molecule has 24 heavy (non-hydrogen) atoms. The number of hydroxylamine groups is 1. The van der Waals surface area contributed by atoms with Gasteiger partial charge in [-0.1, -0.05) is 54.6 Å². The number of rotatable bonds is 7. The minimum atomic E-state index is -0.534. The van der Waals surface area contributed by atoms with Gasteiger partial charge in [-0.05, 0) is 36.6 Å². The number of nitrogens with zero attached hydrogens (tertiary/aromatic N) is 1. The molecule has 0 aliphatic rings. The van der Waals surface area contributed by atoms with Crippen molar-refractivity contribution in [3.63, 3.8) is 0 Å². The highest BCUT2D eigenvalue weighted by Gasteiger charge is 2.10. The first-order chi connectivity index (χ1) is 11.6. The minimum Gasteiger partial charge on any atom is -0.292 e. The largest absolute Gasteiger partial charge is 0.292 e. The zero-order valence-corrected chi connectivity index (χ0v) is 14.1. The molecule has 2 aromatic carbocycles. The molecule has 0 aliphatic heterocycles. The van der Waals surface area contributed by atoms with Crippen LogP contribution >= 0.6 is 0 Å². The number of benzene rings is 2. The van der Waals surface area contributed by atoms with E-state index in [4.69, 9.17) is 5.21 Å². The highest BCUT2D eigenvalue weighted by atomic mass is 16.5. The molecule has 2 rings (SSSR count). The van der Waals surface area contributed by atoms with E-state index in [-0.39, 0.29) is 0 Å². The predicted molar refractivity (Wildman–Crippen MR) is 96.2 cm³/mol. The van der Waals surface area contributed by atoms with Gasteiger partial charge in [-0.2, -0.15) is 0 Å². The molecule has 0 bridgehead atoms. The summed E-state index contributed by atoms with van der Waals surface area (Å²) in [6.07, 6.45) is 2.96. The summed E-state index contributed by atoms with van der Waals surface area (Å²) in [5, 5.41) is 8.47. The van der Waals surface area contributed by atoms with Gasteiger partial charge in [0.1, 0.15) is 0 Å². The van der Waals surface area contributed by atoms with Gasteiger partial charge in [0.15, 0.2) is 0 Å². The summed E-state index contributed by atoms with van der Waals surface area (Å²) in [4.78, 5) is 13.4. The molecule has 0 saturated carbocycles. The van der Waals surface area contributed by atoms with Crippen molar-refractivity contribution in [2.45, 2.75) is 33.0 Å². The molecule has 0 spiro atoms. The summed E-state index contributed by atoms with van der Waals surface area (Å²) in [5.74, 6) is -0.534. The summed E-state index contributed by atoms with van der Waals surface area (Å²) < 4.78 is 0.